The van der Waals surface area contributed by atoms with Crippen molar-refractivity contribution >= 4 is 23.6 Å². The number of aryl methyl sites for hydroxylation is 1. The Morgan fingerprint density at radius 3 is 2.67 bits per heavy atom. The minimum absolute atomic E-state index is 0. The zero-order valence-corrected chi connectivity index (χ0v) is 21.7. The number of amides is 3. The van der Waals surface area contributed by atoms with Crippen molar-refractivity contribution in [2.75, 3.05) is 51.2 Å². The molecule has 210 valence electrons. The average molecular weight is 543 g/mol. The summed E-state index contributed by atoms with van der Waals surface area (Å²) < 4.78 is 30.4. The number of anilines is 2. The normalized spacial score (nSPS) is 15.2. The van der Waals surface area contributed by atoms with Crippen LogP contribution in [0.5, 0.6) is 0 Å². The van der Waals surface area contributed by atoms with E-state index < -0.39 is 18.1 Å². The van der Waals surface area contributed by atoms with Gasteiger partial charge in [0.2, 0.25) is 12.2 Å². The number of hydrogen-bond acceptors (Lipinski definition) is 8. The van der Waals surface area contributed by atoms with Crippen LogP contribution in [0.1, 0.15) is 55.4 Å². The summed E-state index contributed by atoms with van der Waals surface area (Å²) in [6, 6.07) is 4.10. The number of methoxy groups -OCH3 is 2. The number of rotatable bonds is 7. The van der Waals surface area contributed by atoms with E-state index in [0.29, 0.717) is 63.5 Å². The van der Waals surface area contributed by atoms with Crippen molar-refractivity contribution in [1.29, 1.82) is 5.26 Å². The predicted octanol–water partition coefficient (Wildman–Crippen LogP) is 3.78. The van der Waals surface area contributed by atoms with Gasteiger partial charge in [-0.25, -0.2) is 19.2 Å². The van der Waals surface area contributed by atoms with Crippen LogP contribution in [0.3, 0.4) is 0 Å². The maximum Gasteiger partial charge on any atom is 0.328 e. The molecule has 0 saturated carbocycles. The Hall–Kier alpha value is -3.66. The van der Waals surface area contributed by atoms with E-state index >= 15 is 0 Å². The Bertz CT molecular complexity index is 1230. The monoisotopic (exact) mass is 542 g/mol. The minimum atomic E-state index is -0.817. The van der Waals surface area contributed by atoms with Crippen LogP contribution in [0.15, 0.2) is 18.3 Å². The SMILES string of the molecule is C.COC(OC)c1nc2c(cc1CN(C)C(=O)C1CCOCC1)CCCN2C(=O)Nc1cc(F)c(C#N)cn1. The van der Waals surface area contributed by atoms with Gasteiger partial charge in [-0.2, -0.15) is 5.26 Å². The fourth-order valence-electron chi connectivity index (χ4n) is 4.75. The Morgan fingerprint density at radius 1 is 1.31 bits per heavy atom. The highest BCUT2D eigenvalue weighted by molar-refractivity contribution is 6.01. The number of urea groups is 1. The van der Waals surface area contributed by atoms with Gasteiger partial charge in [0.15, 0.2) is 0 Å². The third-order valence-corrected chi connectivity index (χ3v) is 6.73. The molecule has 0 bridgehead atoms. The molecule has 0 atom stereocenters. The first kappa shape index (κ1) is 29.9. The van der Waals surface area contributed by atoms with Crippen LogP contribution in [0, 0.1) is 23.1 Å². The van der Waals surface area contributed by atoms with Gasteiger partial charge in [0.25, 0.3) is 0 Å². The van der Waals surface area contributed by atoms with Gasteiger partial charge in [0.05, 0.1) is 6.20 Å². The minimum Gasteiger partial charge on any atom is -0.381 e. The molecule has 0 unspecified atom stereocenters. The molecule has 4 rings (SSSR count). The number of carbonyl (C=O) groups is 2. The van der Waals surface area contributed by atoms with Crippen molar-refractivity contribution in [3.05, 3.63) is 46.5 Å². The van der Waals surface area contributed by atoms with E-state index in [1.165, 1.54) is 19.1 Å². The number of pyridine rings is 2. The fourth-order valence-corrected chi connectivity index (χ4v) is 4.75. The van der Waals surface area contributed by atoms with Crippen molar-refractivity contribution in [3.63, 3.8) is 0 Å². The second kappa shape index (κ2) is 13.4. The number of hydrogen-bond donors (Lipinski definition) is 1. The summed E-state index contributed by atoms with van der Waals surface area (Å²) >= 11 is 0. The number of fused-ring (bicyclic) bond motifs is 1. The first-order valence-corrected chi connectivity index (χ1v) is 12.4. The van der Waals surface area contributed by atoms with E-state index in [1.54, 1.807) is 18.0 Å². The third kappa shape index (κ3) is 6.68. The maximum atomic E-state index is 14.0. The van der Waals surface area contributed by atoms with E-state index in [-0.39, 0.29) is 30.6 Å². The quantitative estimate of drug-likeness (QED) is 0.523. The molecule has 39 heavy (non-hydrogen) atoms. The van der Waals surface area contributed by atoms with Crippen molar-refractivity contribution < 1.29 is 28.2 Å². The van der Waals surface area contributed by atoms with Gasteiger partial charge in [-0.3, -0.25) is 15.0 Å². The van der Waals surface area contributed by atoms with Crippen molar-refractivity contribution in [3.8, 4) is 6.07 Å². The van der Waals surface area contributed by atoms with Crippen molar-refractivity contribution in [2.45, 2.75) is 45.9 Å². The fraction of sp³-hybridized carbons (Fsp3) is 0.519. The van der Waals surface area contributed by atoms with Crippen LogP contribution in [0.25, 0.3) is 0 Å². The summed E-state index contributed by atoms with van der Waals surface area (Å²) in [5.41, 5.74) is 1.85. The highest BCUT2D eigenvalue weighted by Crippen LogP contribution is 2.32. The van der Waals surface area contributed by atoms with Crippen LogP contribution < -0.4 is 10.2 Å². The molecule has 1 fully saturated rings. The molecule has 2 aromatic rings. The van der Waals surface area contributed by atoms with Gasteiger partial charge < -0.3 is 19.1 Å². The molecule has 0 aromatic carbocycles. The number of nitriles is 1. The number of halogens is 1. The third-order valence-electron chi connectivity index (χ3n) is 6.73. The highest BCUT2D eigenvalue weighted by atomic mass is 19.1. The maximum absolute atomic E-state index is 14.0. The summed E-state index contributed by atoms with van der Waals surface area (Å²) in [6.07, 6.45) is 3.01. The smallest absolute Gasteiger partial charge is 0.328 e. The van der Waals surface area contributed by atoms with Gasteiger partial charge in [0.1, 0.15) is 34.8 Å². The standard InChI is InChI=1S/C26H31FN6O5.CH4/c1-32(24(34)16-6-9-38-10-7-16)15-18-11-17-5-4-8-33(23(17)31-22(18)25(36-2)37-3)26(35)30-21-12-20(27)19(13-28)14-29-21;/h11-12,14,16,25H,4-10,15H2,1-3H3,(H,29,30,35);1H4. The number of ether oxygens (including phenoxy) is 3. The molecule has 2 aromatic heterocycles. The summed E-state index contributed by atoms with van der Waals surface area (Å²) in [5.74, 6) is -0.395. The van der Waals surface area contributed by atoms with Gasteiger partial charge in [0, 0.05) is 59.6 Å². The molecule has 0 spiro atoms. The Balaban J connectivity index is 0.00000420. The first-order chi connectivity index (χ1) is 18.4. The largest absolute Gasteiger partial charge is 0.381 e. The molecule has 2 aliphatic rings. The topological polar surface area (TPSA) is 130 Å². The molecule has 0 aliphatic carbocycles. The van der Waals surface area contributed by atoms with Crippen LogP contribution in [-0.2, 0) is 32.0 Å². The van der Waals surface area contributed by atoms with Crippen LogP contribution in [-0.4, -0.2) is 67.8 Å². The Morgan fingerprint density at radius 2 is 2.03 bits per heavy atom. The van der Waals surface area contributed by atoms with Crippen LogP contribution >= 0.6 is 0 Å². The van der Waals surface area contributed by atoms with Gasteiger partial charge in [-0.15, -0.1) is 0 Å². The second-order valence-electron chi connectivity index (χ2n) is 9.25. The van der Waals surface area contributed by atoms with Gasteiger partial charge >= 0.3 is 6.03 Å². The molecule has 12 heteroatoms. The lowest BCUT2D eigenvalue weighted by Crippen LogP contribution is -2.40. The Kier molecular flexibility index (Phi) is 10.3. The van der Waals surface area contributed by atoms with Crippen LogP contribution in [0.4, 0.5) is 20.8 Å². The van der Waals surface area contributed by atoms with E-state index in [9.17, 15) is 14.0 Å². The van der Waals surface area contributed by atoms with Crippen molar-refractivity contribution in [2.24, 2.45) is 5.92 Å². The zero-order valence-electron chi connectivity index (χ0n) is 21.7. The lowest BCUT2D eigenvalue weighted by atomic mass is 9.98. The molecule has 1 saturated heterocycles. The second-order valence-corrected chi connectivity index (χ2v) is 9.25. The molecular weight excluding hydrogens is 507 g/mol. The Labute approximate surface area is 227 Å². The number of nitrogens with one attached hydrogen (secondary N) is 1. The molecule has 11 nitrogen and oxygen atoms in total. The molecule has 0 radical (unpaired) electrons. The summed E-state index contributed by atoms with van der Waals surface area (Å²) in [6.45, 7) is 1.84. The van der Waals surface area contributed by atoms with E-state index in [4.69, 9.17) is 24.5 Å². The van der Waals surface area contributed by atoms with E-state index in [1.807, 2.05) is 6.07 Å². The van der Waals surface area contributed by atoms with E-state index in [0.717, 1.165) is 23.4 Å². The summed E-state index contributed by atoms with van der Waals surface area (Å²) in [7, 11) is 4.75. The van der Waals surface area contributed by atoms with Gasteiger partial charge in [-0.05, 0) is 42.9 Å². The van der Waals surface area contributed by atoms with Crippen LogP contribution in [0.2, 0.25) is 0 Å². The average Bonchev–Trinajstić information content (AvgIpc) is 2.93. The molecular formula is C27H35FN6O5. The molecule has 3 amide bonds. The summed E-state index contributed by atoms with van der Waals surface area (Å²) in [5, 5.41) is 11.5. The molecule has 2 aliphatic heterocycles. The van der Waals surface area contributed by atoms with Gasteiger partial charge in [-0.1, -0.05) is 7.43 Å². The number of nitrogens with zero attached hydrogens (tertiary/aromatic N) is 5. The molecule has 1 N–H and O–H groups in total. The van der Waals surface area contributed by atoms with Crippen molar-refractivity contribution in [1.82, 2.24) is 14.9 Å². The highest BCUT2D eigenvalue weighted by Gasteiger charge is 2.30. The zero-order chi connectivity index (χ0) is 27.2. The molecule has 4 heterocycles. The van der Waals surface area contributed by atoms with E-state index in [2.05, 4.69) is 10.3 Å². The predicted molar refractivity (Wildman–Crippen MR) is 141 cm³/mol. The summed E-state index contributed by atoms with van der Waals surface area (Å²) in [4.78, 5) is 38.1. The first-order valence-electron chi connectivity index (χ1n) is 12.4. The lowest BCUT2D eigenvalue weighted by molar-refractivity contribution is -0.138. The lowest BCUT2D eigenvalue weighted by Gasteiger charge is -2.31. The number of carbonyl (C=O) groups excluding carboxylic acids is 2. The number of aromatic nitrogens is 2.